The molecule has 0 bridgehead atoms. The van der Waals surface area contributed by atoms with Gasteiger partial charge in [-0.2, -0.15) is 0 Å². The third-order valence-electron chi connectivity index (χ3n) is 2.97. The highest BCUT2D eigenvalue weighted by Crippen LogP contribution is 2.28. The van der Waals surface area contributed by atoms with E-state index in [1.165, 1.54) is 42.1 Å². The summed E-state index contributed by atoms with van der Waals surface area (Å²) in [5.41, 5.74) is -0.590. The lowest BCUT2D eigenvalue weighted by atomic mass is 10.1. The average Bonchev–Trinajstić information content (AvgIpc) is 2.52. The minimum atomic E-state index is -4.87. The lowest BCUT2D eigenvalue weighted by molar-refractivity contribution is -0.385. The van der Waals surface area contributed by atoms with Crippen molar-refractivity contribution in [1.29, 1.82) is 0 Å². The van der Waals surface area contributed by atoms with Crippen LogP contribution in [0.5, 0.6) is 5.75 Å². The molecule has 2 rings (SSSR count). The normalized spacial score (nSPS) is 11.0. The van der Waals surface area contributed by atoms with Crippen LogP contribution in [0.1, 0.15) is 10.4 Å². The first-order chi connectivity index (χ1) is 11.7. The fraction of sp³-hybridized carbons (Fsp3) is 0.133. The predicted octanol–water partition coefficient (Wildman–Crippen LogP) is 4.47. The molecule has 0 aromatic heterocycles. The van der Waals surface area contributed by atoms with Crippen LogP contribution in [-0.4, -0.2) is 23.4 Å². The van der Waals surface area contributed by atoms with Crippen molar-refractivity contribution in [3.8, 4) is 5.75 Å². The number of anilines is 1. The van der Waals surface area contributed by atoms with Crippen molar-refractivity contribution in [1.82, 2.24) is 0 Å². The van der Waals surface area contributed by atoms with Gasteiger partial charge in [0.1, 0.15) is 11.3 Å². The highest BCUT2D eigenvalue weighted by Gasteiger charge is 2.31. The van der Waals surface area contributed by atoms with E-state index < -0.39 is 28.6 Å². The molecular formula is C15H11F3N2O4S. The average molecular weight is 372 g/mol. The number of thioether (sulfide) groups is 1. The summed E-state index contributed by atoms with van der Waals surface area (Å²) in [5.74, 6) is -1.33. The number of benzene rings is 2. The summed E-state index contributed by atoms with van der Waals surface area (Å²) in [6, 6.07) is 8.67. The SMILES string of the molecule is CSc1ccc([N+](=O)[O-])c(C(=O)Nc2cccc(OC(F)(F)F)c2)c1. The van der Waals surface area contributed by atoms with Crippen LogP contribution in [0, 0.1) is 10.1 Å². The quantitative estimate of drug-likeness (QED) is 0.476. The molecule has 0 saturated heterocycles. The first kappa shape index (κ1) is 18.6. The maximum Gasteiger partial charge on any atom is 0.573 e. The number of nitrogens with zero attached hydrogens (tertiary/aromatic N) is 1. The van der Waals surface area contributed by atoms with Crippen molar-refractivity contribution in [2.75, 3.05) is 11.6 Å². The Balaban J connectivity index is 2.28. The molecule has 0 spiro atoms. The minimum Gasteiger partial charge on any atom is -0.406 e. The second-order valence-corrected chi connectivity index (χ2v) is 5.55. The van der Waals surface area contributed by atoms with Gasteiger partial charge in [-0.1, -0.05) is 6.07 Å². The van der Waals surface area contributed by atoms with Gasteiger partial charge >= 0.3 is 6.36 Å². The zero-order valence-electron chi connectivity index (χ0n) is 12.7. The number of nitro groups is 1. The Labute approximate surface area is 144 Å². The molecule has 1 N–H and O–H groups in total. The summed E-state index contributed by atoms with van der Waals surface area (Å²) >= 11 is 1.29. The van der Waals surface area contributed by atoms with Crippen LogP contribution in [-0.2, 0) is 0 Å². The number of halogens is 3. The van der Waals surface area contributed by atoms with E-state index >= 15 is 0 Å². The van der Waals surface area contributed by atoms with Crippen LogP contribution >= 0.6 is 11.8 Å². The van der Waals surface area contributed by atoms with Gasteiger partial charge in [0.15, 0.2) is 0 Å². The van der Waals surface area contributed by atoms with Gasteiger partial charge in [0, 0.05) is 22.7 Å². The Morgan fingerprint density at radius 1 is 1.24 bits per heavy atom. The zero-order valence-corrected chi connectivity index (χ0v) is 13.5. The van der Waals surface area contributed by atoms with Crippen molar-refractivity contribution in [3.05, 3.63) is 58.1 Å². The van der Waals surface area contributed by atoms with Gasteiger partial charge in [-0.25, -0.2) is 0 Å². The number of hydrogen-bond donors (Lipinski definition) is 1. The number of carbonyl (C=O) groups is 1. The molecule has 0 fully saturated rings. The number of nitrogens with one attached hydrogen (secondary N) is 1. The predicted molar refractivity (Wildman–Crippen MR) is 86.0 cm³/mol. The number of carbonyl (C=O) groups excluding carboxylic acids is 1. The molecule has 1 amide bonds. The van der Waals surface area contributed by atoms with Crippen molar-refractivity contribution in [2.45, 2.75) is 11.3 Å². The van der Waals surface area contributed by atoms with Crippen molar-refractivity contribution in [3.63, 3.8) is 0 Å². The van der Waals surface area contributed by atoms with Crippen molar-refractivity contribution < 1.29 is 27.6 Å². The van der Waals surface area contributed by atoms with Gasteiger partial charge in [-0.15, -0.1) is 24.9 Å². The smallest absolute Gasteiger partial charge is 0.406 e. The standard InChI is InChI=1S/C15H11F3N2O4S/c1-25-11-5-6-13(20(22)23)12(8-11)14(21)19-9-3-2-4-10(7-9)24-15(16,17)18/h2-8H,1H3,(H,19,21). The summed E-state index contributed by atoms with van der Waals surface area (Å²) < 4.78 is 40.5. The Morgan fingerprint density at radius 3 is 2.56 bits per heavy atom. The molecule has 0 aliphatic carbocycles. The Kier molecular flexibility index (Phi) is 5.52. The molecular weight excluding hydrogens is 361 g/mol. The molecule has 0 saturated carbocycles. The van der Waals surface area contributed by atoms with Gasteiger partial charge in [-0.3, -0.25) is 14.9 Å². The van der Waals surface area contributed by atoms with Crippen LogP contribution in [0.3, 0.4) is 0 Å². The van der Waals surface area contributed by atoms with E-state index in [-0.39, 0.29) is 11.3 Å². The second kappa shape index (κ2) is 7.43. The fourth-order valence-electron chi connectivity index (χ4n) is 1.95. The summed E-state index contributed by atoms with van der Waals surface area (Å²) in [7, 11) is 0. The summed E-state index contributed by atoms with van der Waals surface area (Å²) in [6.07, 6.45) is -3.13. The molecule has 0 aliphatic rings. The fourth-order valence-corrected chi connectivity index (χ4v) is 2.39. The second-order valence-electron chi connectivity index (χ2n) is 4.67. The van der Waals surface area contributed by atoms with Crippen molar-refractivity contribution >= 4 is 29.0 Å². The Hall–Kier alpha value is -2.75. The van der Waals surface area contributed by atoms with E-state index in [9.17, 15) is 28.1 Å². The third-order valence-corrected chi connectivity index (χ3v) is 3.70. The number of amides is 1. The highest BCUT2D eigenvalue weighted by atomic mass is 32.2. The van der Waals surface area contributed by atoms with Crippen molar-refractivity contribution in [2.24, 2.45) is 0 Å². The van der Waals surface area contributed by atoms with Gasteiger partial charge in [0.25, 0.3) is 11.6 Å². The maximum atomic E-state index is 12.3. The number of rotatable bonds is 5. The first-order valence-electron chi connectivity index (χ1n) is 6.69. The number of nitro benzene ring substituents is 1. The Bertz CT molecular complexity index is 812. The Morgan fingerprint density at radius 2 is 1.96 bits per heavy atom. The summed E-state index contributed by atoms with van der Waals surface area (Å²) in [4.78, 5) is 23.3. The summed E-state index contributed by atoms with van der Waals surface area (Å²) in [5, 5.41) is 13.4. The third kappa shape index (κ3) is 5.11. The molecule has 132 valence electrons. The molecule has 2 aromatic carbocycles. The van der Waals surface area contributed by atoms with E-state index in [1.54, 1.807) is 6.26 Å². The minimum absolute atomic E-state index is 0.00982. The number of ether oxygens (including phenoxy) is 1. The van der Waals surface area contributed by atoms with E-state index in [2.05, 4.69) is 10.1 Å². The van der Waals surface area contributed by atoms with E-state index in [1.807, 2.05) is 0 Å². The lowest BCUT2D eigenvalue weighted by Crippen LogP contribution is -2.17. The molecule has 2 aromatic rings. The zero-order chi connectivity index (χ0) is 18.6. The van der Waals surface area contributed by atoms with Crippen LogP contribution in [0.4, 0.5) is 24.5 Å². The van der Waals surface area contributed by atoms with Crippen LogP contribution in [0.15, 0.2) is 47.4 Å². The number of hydrogen-bond acceptors (Lipinski definition) is 5. The lowest BCUT2D eigenvalue weighted by Gasteiger charge is -2.11. The molecule has 0 radical (unpaired) electrons. The molecule has 0 aliphatic heterocycles. The monoisotopic (exact) mass is 372 g/mol. The van der Waals surface area contributed by atoms with Gasteiger partial charge in [0.05, 0.1) is 4.92 Å². The molecule has 6 nitrogen and oxygen atoms in total. The molecule has 10 heteroatoms. The van der Waals surface area contributed by atoms with Crippen LogP contribution < -0.4 is 10.1 Å². The maximum absolute atomic E-state index is 12.3. The van der Waals surface area contributed by atoms with Gasteiger partial charge in [-0.05, 0) is 30.5 Å². The van der Waals surface area contributed by atoms with Gasteiger partial charge in [0.2, 0.25) is 0 Å². The first-order valence-corrected chi connectivity index (χ1v) is 7.91. The topological polar surface area (TPSA) is 81.5 Å². The molecule has 0 atom stereocenters. The van der Waals surface area contributed by atoms with E-state index in [0.29, 0.717) is 4.90 Å². The number of alkyl halides is 3. The van der Waals surface area contributed by atoms with Gasteiger partial charge < -0.3 is 10.1 Å². The summed E-state index contributed by atoms with van der Waals surface area (Å²) in [6.45, 7) is 0. The molecule has 25 heavy (non-hydrogen) atoms. The highest BCUT2D eigenvalue weighted by molar-refractivity contribution is 7.98. The van der Waals surface area contributed by atoms with Crippen LogP contribution in [0.25, 0.3) is 0 Å². The molecule has 0 unspecified atom stereocenters. The van der Waals surface area contributed by atoms with E-state index in [0.717, 1.165) is 12.1 Å². The largest absolute Gasteiger partial charge is 0.573 e. The van der Waals surface area contributed by atoms with E-state index in [4.69, 9.17) is 0 Å². The molecule has 0 heterocycles. The van der Waals surface area contributed by atoms with Crippen LogP contribution in [0.2, 0.25) is 0 Å².